The van der Waals surface area contributed by atoms with Crippen molar-refractivity contribution in [3.63, 3.8) is 0 Å². The fourth-order valence-electron chi connectivity index (χ4n) is 2.09. The third-order valence-electron chi connectivity index (χ3n) is 2.97. The summed E-state index contributed by atoms with van der Waals surface area (Å²) in [4.78, 5) is 23.1. The summed E-state index contributed by atoms with van der Waals surface area (Å²) >= 11 is 0. The van der Waals surface area contributed by atoms with E-state index in [0.29, 0.717) is 11.3 Å². The van der Waals surface area contributed by atoms with Crippen molar-refractivity contribution in [2.24, 2.45) is 0 Å². The number of hydrogen-bond donors (Lipinski definition) is 3. The molecule has 0 fully saturated rings. The van der Waals surface area contributed by atoms with Crippen LogP contribution in [-0.2, 0) is 0 Å². The Labute approximate surface area is 121 Å². The Morgan fingerprint density at radius 3 is 2.19 bits per heavy atom. The quantitative estimate of drug-likeness (QED) is 0.757. The Kier molecular flexibility index (Phi) is 3.93. The van der Waals surface area contributed by atoms with Gasteiger partial charge in [-0.25, -0.2) is 4.79 Å². The molecule has 0 aliphatic carbocycles. The van der Waals surface area contributed by atoms with Gasteiger partial charge in [0, 0.05) is 11.3 Å². The van der Waals surface area contributed by atoms with E-state index in [1.165, 1.54) is 18.2 Å². The van der Waals surface area contributed by atoms with Crippen molar-refractivity contribution in [1.29, 1.82) is 0 Å². The number of benzene rings is 2. The molecule has 0 aromatic heterocycles. The maximum absolute atomic E-state index is 12.2. The van der Waals surface area contributed by atoms with Gasteiger partial charge in [-0.15, -0.1) is 0 Å². The van der Waals surface area contributed by atoms with E-state index in [2.05, 4.69) is 5.32 Å². The molecule has 0 saturated carbocycles. The number of aryl methyl sites for hydroxylation is 2. The Bertz CT molecular complexity index is 702. The van der Waals surface area contributed by atoms with Crippen LogP contribution in [0.3, 0.4) is 0 Å². The van der Waals surface area contributed by atoms with E-state index < -0.39 is 5.97 Å². The predicted molar refractivity (Wildman–Crippen MR) is 78.9 cm³/mol. The lowest BCUT2D eigenvalue weighted by atomic mass is 10.1. The molecule has 0 bridgehead atoms. The minimum absolute atomic E-state index is 0.256. The molecule has 5 nitrogen and oxygen atoms in total. The first-order chi connectivity index (χ1) is 9.86. The van der Waals surface area contributed by atoms with Crippen LogP contribution >= 0.6 is 0 Å². The molecule has 2 rings (SSSR count). The summed E-state index contributed by atoms with van der Waals surface area (Å²) < 4.78 is 0. The molecule has 0 unspecified atom stereocenters. The third kappa shape index (κ3) is 3.39. The highest BCUT2D eigenvalue weighted by Crippen LogP contribution is 2.22. The van der Waals surface area contributed by atoms with Gasteiger partial charge in [0.15, 0.2) is 0 Å². The number of carboxylic acids is 1. The lowest BCUT2D eigenvalue weighted by molar-refractivity contribution is 0.0693. The highest BCUT2D eigenvalue weighted by atomic mass is 16.4. The maximum atomic E-state index is 12.2. The van der Waals surface area contributed by atoms with Crippen LogP contribution in [0.15, 0.2) is 36.4 Å². The van der Waals surface area contributed by atoms with Crippen molar-refractivity contribution < 1.29 is 19.8 Å². The molecule has 0 atom stereocenters. The van der Waals surface area contributed by atoms with E-state index in [1.54, 1.807) is 12.1 Å². The molecular weight excluding hydrogens is 270 g/mol. The molecule has 0 aliphatic rings. The van der Waals surface area contributed by atoms with Gasteiger partial charge in [-0.3, -0.25) is 4.79 Å². The lowest BCUT2D eigenvalue weighted by Gasteiger charge is -2.08. The van der Waals surface area contributed by atoms with Gasteiger partial charge in [-0.2, -0.15) is 0 Å². The van der Waals surface area contributed by atoms with Crippen molar-refractivity contribution >= 4 is 17.6 Å². The number of phenols is 1. The summed E-state index contributed by atoms with van der Waals surface area (Å²) in [5.41, 5.74) is 2.49. The largest absolute Gasteiger partial charge is 0.507 e. The van der Waals surface area contributed by atoms with Crippen molar-refractivity contribution in [3.05, 3.63) is 58.7 Å². The molecule has 0 heterocycles. The van der Waals surface area contributed by atoms with Gasteiger partial charge >= 0.3 is 5.97 Å². The molecule has 5 heteroatoms. The zero-order valence-electron chi connectivity index (χ0n) is 11.7. The number of carbonyl (C=O) groups excluding carboxylic acids is 1. The molecule has 0 saturated heterocycles. The molecule has 2 aromatic carbocycles. The number of carbonyl (C=O) groups is 2. The number of aromatic carboxylic acids is 1. The highest BCUT2D eigenvalue weighted by Gasteiger charge is 2.12. The first-order valence-electron chi connectivity index (χ1n) is 6.33. The average molecular weight is 285 g/mol. The van der Waals surface area contributed by atoms with Gasteiger partial charge in [-0.05, 0) is 44.2 Å². The van der Waals surface area contributed by atoms with Crippen LogP contribution in [0.25, 0.3) is 0 Å². The zero-order chi connectivity index (χ0) is 15.6. The summed E-state index contributed by atoms with van der Waals surface area (Å²) in [5.74, 6) is -1.93. The van der Waals surface area contributed by atoms with Gasteiger partial charge in [0.25, 0.3) is 5.91 Å². The topological polar surface area (TPSA) is 86.6 Å². The van der Waals surface area contributed by atoms with Crippen LogP contribution in [0, 0.1) is 13.8 Å². The summed E-state index contributed by atoms with van der Waals surface area (Å²) in [7, 11) is 0. The minimum Gasteiger partial charge on any atom is -0.507 e. The SMILES string of the molecule is Cc1cc(C)cc(C(=O)Nc2ccc(O)c(C(=O)O)c2)c1. The van der Waals surface area contributed by atoms with Crippen LogP contribution in [0.4, 0.5) is 5.69 Å². The fraction of sp³-hybridized carbons (Fsp3) is 0.125. The Morgan fingerprint density at radius 1 is 1.00 bits per heavy atom. The van der Waals surface area contributed by atoms with Gasteiger partial charge in [0.2, 0.25) is 0 Å². The first-order valence-corrected chi connectivity index (χ1v) is 6.33. The second-order valence-electron chi connectivity index (χ2n) is 4.87. The number of carboxylic acid groups (broad SMARTS) is 1. The number of amides is 1. The van der Waals surface area contributed by atoms with E-state index in [-0.39, 0.29) is 17.2 Å². The average Bonchev–Trinajstić information content (AvgIpc) is 2.39. The Hall–Kier alpha value is -2.82. The van der Waals surface area contributed by atoms with Crippen LogP contribution in [-0.4, -0.2) is 22.1 Å². The fourth-order valence-corrected chi connectivity index (χ4v) is 2.09. The summed E-state index contributed by atoms with van der Waals surface area (Å²) in [6.45, 7) is 3.79. The molecule has 0 spiro atoms. The van der Waals surface area contributed by atoms with E-state index in [9.17, 15) is 14.7 Å². The standard InChI is InChI=1S/C16H15NO4/c1-9-5-10(2)7-11(6-9)15(19)17-12-3-4-14(18)13(8-12)16(20)21/h3-8,18H,1-2H3,(H,17,19)(H,20,21). The molecular formula is C16H15NO4. The lowest BCUT2D eigenvalue weighted by Crippen LogP contribution is -2.13. The predicted octanol–water partition coefficient (Wildman–Crippen LogP) is 2.96. The molecule has 21 heavy (non-hydrogen) atoms. The van der Waals surface area contributed by atoms with Crippen molar-refractivity contribution in [2.45, 2.75) is 13.8 Å². The summed E-state index contributed by atoms with van der Waals surface area (Å²) in [5, 5.41) is 21.0. The molecule has 0 radical (unpaired) electrons. The molecule has 0 aliphatic heterocycles. The summed E-state index contributed by atoms with van der Waals surface area (Å²) in [6, 6.07) is 9.36. The van der Waals surface area contributed by atoms with Crippen LogP contribution in [0.1, 0.15) is 31.8 Å². The van der Waals surface area contributed by atoms with Gasteiger partial charge in [-0.1, -0.05) is 17.2 Å². The second kappa shape index (κ2) is 5.66. The normalized spacial score (nSPS) is 10.2. The van der Waals surface area contributed by atoms with Gasteiger partial charge in [0.1, 0.15) is 11.3 Å². The maximum Gasteiger partial charge on any atom is 0.339 e. The van der Waals surface area contributed by atoms with E-state index >= 15 is 0 Å². The number of hydrogen-bond acceptors (Lipinski definition) is 3. The van der Waals surface area contributed by atoms with Crippen LogP contribution in [0.2, 0.25) is 0 Å². The highest BCUT2D eigenvalue weighted by molar-refractivity contribution is 6.05. The van der Waals surface area contributed by atoms with Crippen LogP contribution < -0.4 is 5.32 Å². The Balaban J connectivity index is 2.27. The Morgan fingerprint density at radius 2 is 1.62 bits per heavy atom. The van der Waals surface area contributed by atoms with Crippen molar-refractivity contribution in [2.75, 3.05) is 5.32 Å². The number of aromatic hydroxyl groups is 1. The van der Waals surface area contributed by atoms with E-state index in [0.717, 1.165) is 11.1 Å². The third-order valence-corrected chi connectivity index (χ3v) is 2.97. The summed E-state index contributed by atoms with van der Waals surface area (Å²) in [6.07, 6.45) is 0. The number of anilines is 1. The second-order valence-corrected chi connectivity index (χ2v) is 4.87. The van der Waals surface area contributed by atoms with Gasteiger partial charge in [0.05, 0.1) is 0 Å². The monoisotopic (exact) mass is 285 g/mol. The minimum atomic E-state index is -1.25. The molecule has 108 valence electrons. The van der Waals surface area contributed by atoms with Crippen LogP contribution in [0.5, 0.6) is 5.75 Å². The molecule has 3 N–H and O–H groups in total. The van der Waals surface area contributed by atoms with E-state index in [4.69, 9.17) is 5.11 Å². The van der Waals surface area contributed by atoms with Crippen molar-refractivity contribution in [3.8, 4) is 5.75 Å². The van der Waals surface area contributed by atoms with Crippen molar-refractivity contribution in [1.82, 2.24) is 0 Å². The number of nitrogens with one attached hydrogen (secondary N) is 1. The number of rotatable bonds is 3. The van der Waals surface area contributed by atoms with Gasteiger partial charge < -0.3 is 15.5 Å². The smallest absolute Gasteiger partial charge is 0.339 e. The molecule has 1 amide bonds. The first kappa shape index (κ1) is 14.6. The van der Waals surface area contributed by atoms with E-state index in [1.807, 2.05) is 19.9 Å². The molecule has 2 aromatic rings. The zero-order valence-corrected chi connectivity index (χ0v) is 11.7.